The Hall–Kier alpha value is -2.99. The largest absolute Gasteiger partial charge is 0.368 e. The summed E-state index contributed by atoms with van der Waals surface area (Å²) in [5.41, 5.74) is 2.75. The van der Waals surface area contributed by atoms with Crippen LogP contribution in [0, 0.1) is 12.7 Å². The molecule has 5 nitrogen and oxygen atoms in total. The molecule has 0 aliphatic heterocycles. The molecule has 0 spiro atoms. The van der Waals surface area contributed by atoms with Gasteiger partial charge in [0.2, 0.25) is 0 Å². The average Bonchev–Trinajstić information content (AvgIpc) is 2.67. The van der Waals surface area contributed by atoms with E-state index in [0.717, 1.165) is 17.5 Å². The third-order valence-corrected chi connectivity index (χ3v) is 4.35. The first-order valence-electron chi connectivity index (χ1n) is 8.39. The van der Waals surface area contributed by atoms with Crippen molar-refractivity contribution in [2.45, 2.75) is 13.3 Å². The average molecular weight is 385 g/mol. The molecule has 2 aromatic carbocycles. The van der Waals surface area contributed by atoms with Gasteiger partial charge in [-0.15, -0.1) is 0 Å². The molecule has 0 fully saturated rings. The third kappa shape index (κ3) is 5.24. The van der Waals surface area contributed by atoms with Gasteiger partial charge in [-0.25, -0.2) is 14.4 Å². The number of nitrogens with one attached hydrogen (secondary N) is 2. The third-order valence-electron chi connectivity index (χ3n) is 3.95. The maximum absolute atomic E-state index is 12.9. The summed E-state index contributed by atoms with van der Waals surface area (Å²) in [6.07, 6.45) is 3.63. The van der Waals surface area contributed by atoms with Crippen molar-refractivity contribution >= 4 is 29.0 Å². The lowest BCUT2D eigenvalue weighted by Crippen LogP contribution is -2.15. The zero-order chi connectivity index (χ0) is 19.2. The van der Waals surface area contributed by atoms with Gasteiger partial charge in [0, 0.05) is 17.3 Å². The number of carbonyl (C=O) groups is 1. The second-order valence-electron chi connectivity index (χ2n) is 6.01. The number of rotatable bonds is 6. The summed E-state index contributed by atoms with van der Waals surface area (Å²) in [6.45, 7) is 2.51. The molecular weight excluding hydrogens is 367 g/mol. The maximum atomic E-state index is 12.9. The number of hydrogen-bond acceptors (Lipinski definition) is 4. The SMILES string of the molecule is Cc1ccc(NC(=O)c2cnc(NCCc3ccc(F)cc3)cn2)cc1Cl. The van der Waals surface area contributed by atoms with E-state index in [4.69, 9.17) is 11.6 Å². The Morgan fingerprint density at radius 1 is 1.11 bits per heavy atom. The number of nitrogens with zero attached hydrogens (tertiary/aromatic N) is 2. The fraction of sp³-hybridized carbons (Fsp3) is 0.150. The van der Waals surface area contributed by atoms with Crippen molar-refractivity contribution in [2.24, 2.45) is 0 Å². The molecule has 2 N–H and O–H groups in total. The number of carbonyl (C=O) groups excluding carboxylic acids is 1. The number of halogens is 2. The molecule has 0 unspecified atom stereocenters. The fourth-order valence-electron chi connectivity index (χ4n) is 2.39. The molecule has 3 rings (SSSR count). The van der Waals surface area contributed by atoms with E-state index in [1.54, 1.807) is 24.3 Å². The summed E-state index contributed by atoms with van der Waals surface area (Å²) >= 11 is 6.06. The minimum atomic E-state index is -0.361. The Morgan fingerprint density at radius 3 is 2.56 bits per heavy atom. The number of hydrogen-bond donors (Lipinski definition) is 2. The number of amides is 1. The van der Waals surface area contributed by atoms with Gasteiger partial charge in [-0.2, -0.15) is 0 Å². The maximum Gasteiger partial charge on any atom is 0.275 e. The van der Waals surface area contributed by atoms with Crippen molar-refractivity contribution in [3.63, 3.8) is 0 Å². The monoisotopic (exact) mass is 384 g/mol. The van der Waals surface area contributed by atoms with E-state index in [2.05, 4.69) is 20.6 Å². The van der Waals surface area contributed by atoms with Gasteiger partial charge in [0.1, 0.15) is 17.3 Å². The predicted octanol–water partition coefficient (Wildman–Crippen LogP) is 4.48. The summed E-state index contributed by atoms with van der Waals surface area (Å²) in [5, 5.41) is 6.44. The van der Waals surface area contributed by atoms with Gasteiger partial charge in [-0.1, -0.05) is 29.8 Å². The molecule has 1 amide bonds. The standard InChI is InChI=1S/C20H18ClFN4O/c1-13-2-7-16(10-17(13)21)26-20(27)18-11-25-19(12-24-18)23-9-8-14-3-5-15(22)6-4-14/h2-7,10-12H,8-9H2,1H3,(H,23,25)(H,26,27). The Labute approximate surface area is 161 Å². The van der Waals surface area contributed by atoms with Crippen LogP contribution in [0.2, 0.25) is 5.02 Å². The molecule has 0 radical (unpaired) electrons. The number of anilines is 2. The van der Waals surface area contributed by atoms with Gasteiger partial charge >= 0.3 is 0 Å². The Balaban J connectivity index is 1.53. The summed E-state index contributed by atoms with van der Waals surface area (Å²) in [4.78, 5) is 20.6. The van der Waals surface area contributed by atoms with Crippen LogP contribution in [0.4, 0.5) is 15.9 Å². The normalized spacial score (nSPS) is 10.5. The zero-order valence-corrected chi connectivity index (χ0v) is 15.4. The van der Waals surface area contributed by atoms with Crippen molar-refractivity contribution in [3.8, 4) is 0 Å². The molecule has 0 saturated heterocycles. The molecule has 3 aromatic rings. The minimum Gasteiger partial charge on any atom is -0.368 e. The molecule has 7 heteroatoms. The van der Waals surface area contributed by atoms with Crippen LogP contribution in [0.3, 0.4) is 0 Å². The van der Waals surface area contributed by atoms with Gasteiger partial charge in [0.05, 0.1) is 12.4 Å². The van der Waals surface area contributed by atoms with Crippen molar-refractivity contribution in [2.75, 3.05) is 17.2 Å². The summed E-state index contributed by atoms with van der Waals surface area (Å²) < 4.78 is 12.9. The number of aryl methyl sites for hydroxylation is 1. The smallest absolute Gasteiger partial charge is 0.275 e. The van der Waals surface area contributed by atoms with Crippen molar-refractivity contribution in [1.82, 2.24) is 9.97 Å². The van der Waals surface area contributed by atoms with Crippen LogP contribution >= 0.6 is 11.6 Å². The second kappa shape index (κ2) is 8.60. The Bertz CT molecular complexity index is 930. The van der Waals surface area contributed by atoms with E-state index < -0.39 is 0 Å². The van der Waals surface area contributed by atoms with Crippen LogP contribution in [-0.2, 0) is 6.42 Å². The van der Waals surface area contributed by atoms with E-state index in [9.17, 15) is 9.18 Å². The van der Waals surface area contributed by atoms with Crippen LogP contribution in [0.25, 0.3) is 0 Å². The second-order valence-corrected chi connectivity index (χ2v) is 6.42. The zero-order valence-electron chi connectivity index (χ0n) is 14.7. The van der Waals surface area contributed by atoms with Gasteiger partial charge in [0.15, 0.2) is 0 Å². The highest BCUT2D eigenvalue weighted by Gasteiger charge is 2.09. The molecule has 27 heavy (non-hydrogen) atoms. The highest BCUT2D eigenvalue weighted by atomic mass is 35.5. The number of aromatic nitrogens is 2. The van der Waals surface area contributed by atoms with Gasteiger partial charge in [0.25, 0.3) is 5.91 Å². The molecular formula is C20H18ClFN4O. The van der Waals surface area contributed by atoms with Crippen molar-refractivity contribution in [3.05, 3.63) is 82.5 Å². The molecule has 1 heterocycles. The first-order valence-corrected chi connectivity index (χ1v) is 8.77. The number of benzene rings is 2. The highest BCUT2D eigenvalue weighted by Crippen LogP contribution is 2.20. The van der Waals surface area contributed by atoms with Crippen LogP contribution in [-0.4, -0.2) is 22.4 Å². The lowest BCUT2D eigenvalue weighted by atomic mass is 10.1. The molecule has 0 atom stereocenters. The van der Waals surface area contributed by atoms with Crippen LogP contribution in [0.15, 0.2) is 54.9 Å². The lowest BCUT2D eigenvalue weighted by Gasteiger charge is -2.08. The summed E-state index contributed by atoms with van der Waals surface area (Å²) in [7, 11) is 0. The quantitative estimate of drug-likeness (QED) is 0.657. The fourth-order valence-corrected chi connectivity index (χ4v) is 2.57. The molecule has 0 aliphatic rings. The van der Waals surface area contributed by atoms with Crippen LogP contribution in [0.1, 0.15) is 21.6 Å². The Morgan fingerprint density at radius 2 is 1.89 bits per heavy atom. The summed E-state index contributed by atoms with van der Waals surface area (Å²) in [5.74, 6) is -0.0494. The first-order chi connectivity index (χ1) is 13.0. The summed E-state index contributed by atoms with van der Waals surface area (Å²) in [6, 6.07) is 11.7. The minimum absolute atomic E-state index is 0.204. The van der Waals surface area contributed by atoms with Crippen molar-refractivity contribution in [1.29, 1.82) is 0 Å². The van der Waals surface area contributed by atoms with Crippen LogP contribution in [0.5, 0.6) is 0 Å². The molecule has 138 valence electrons. The Kier molecular flexibility index (Phi) is 5.98. The predicted molar refractivity (Wildman–Crippen MR) is 105 cm³/mol. The highest BCUT2D eigenvalue weighted by molar-refractivity contribution is 6.31. The van der Waals surface area contributed by atoms with E-state index in [-0.39, 0.29) is 17.4 Å². The van der Waals surface area contributed by atoms with Gasteiger partial charge < -0.3 is 10.6 Å². The van der Waals surface area contributed by atoms with Gasteiger partial charge in [-0.3, -0.25) is 4.79 Å². The lowest BCUT2D eigenvalue weighted by molar-refractivity contribution is 0.102. The van der Waals surface area contributed by atoms with Crippen LogP contribution < -0.4 is 10.6 Å². The molecule has 1 aromatic heterocycles. The molecule has 0 bridgehead atoms. The first kappa shape index (κ1) is 18.8. The van der Waals surface area contributed by atoms with E-state index >= 15 is 0 Å². The van der Waals surface area contributed by atoms with E-state index in [1.165, 1.54) is 24.5 Å². The van der Waals surface area contributed by atoms with Crippen molar-refractivity contribution < 1.29 is 9.18 Å². The van der Waals surface area contributed by atoms with E-state index in [1.807, 2.05) is 13.0 Å². The van der Waals surface area contributed by atoms with Gasteiger partial charge in [-0.05, 0) is 48.7 Å². The van der Waals surface area contributed by atoms with E-state index in [0.29, 0.717) is 23.1 Å². The molecule has 0 aliphatic carbocycles. The molecule has 0 saturated carbocycles. The topological polar surface area (TPSA) is 66.9 Å².